The zero-order valence-electron chi connectivity index (χ0n) is 24.6. The van der Waals surface area contributed by atoms with Crippen LogP contribution < -0.4 is 10.1 Å². The first-order chi connectivity index (χ1) is 20.1. The van der Waals surface area contributed by atoms with Gasteiger partial charge in [0.2, 0.25) is 0 Å². The minimum atomic E-state index is -0.938. The van der Waals surface area contributed by atoms with Gasteiger partial charge in [0.15, 0.2) is 0 Å². The number of rotatable bonds is 9. The maximum Gasteiger partial charge on any atom is 0.336 e. The van der Waals surface area contributed by atoms with Crippen molar-refractivity contribution in [3.05, 3.63) is 125 Å². The molecule has 4 aromatic carbocycles. The molecule has 1 amide bonds. The van der Waals surface area contributed by atoms with Crippen LogP contribution >= 0.6 is 0 Å². The number of benzene rings is 4. The molecule has 1 aromatic heterocycles. The lowest BCUT2D eigenvalue weighted by molar-refractivity contribution is 0.0697. The Balaban J connectivity index is 1.37. The van der Waals surface area contributed by atoms with Gasteiger partial charge in [0.25, 0.3) is 5.91 Å². The van der Waals surface area contributed by atoms with Gasteiger partial charge in [0, 0.05) is 34.3 Å². The summed E-state index contributed by atoms with van der Waals surface area (Å²) in [6.07, 6.45) is 0.0401. The fourth-order valence-corrected chi connectivity index (χ4v) is 5.45. The quantitative estimate of drug-likeness (QED) is 0.192. The number of carboxylic acids is 1. The second-order valence-electron chi connectivity index (χ2n) is 11.0. The molecule has 6 nitrogen and oxygen atoms in total. The molecule has 2 N–H and O–H groups in total. The van der Waals surface area contributed by atoms with Crippen molar-refractivity contribution >= 4 is 22.8 Å². The van der Waals surface area contributed by atoms with Crippen LogP contribution in [0.25, 0.3) is 22.0 Å². The summed E-state index contributed by atoms with van der Waals surface area (Å²) in [4.78, 5) is 25.0. The lowest BCUT2D eigenvalue weighted by Gasteiger charge is -2.20. The molecule has 0 fully saturated rings. The molecule has 42 heavy (non-hydrogen) atoms. The number of fused-ring (bicyclic) bond motifs is 1. The van der Waals surface area contributed by atoms with Gasteiger partial charge in [-0.2, -0.15) is 0 Å². The molecule has 1 atom stereocenters. The van der Waals surface area contributed by atoms with E-state index in [9.17, 15) is 14.7 Å². The Labute approximate surface area is 246 Å². The van der Waals surface area contributed by atoms with Gasteiger partial charge < -0.3 is 19.7 Å². The molecular weight excluding hydrogens is 524 g/mol. The van der Waals surface area contributed by atoms with Crippen LogP contribution in [0, 0.1) is 13.8 Å². The van der Waals surface area contributed by atoms with Crippen molar-refractivity contribution in [2.45, 2.75) is 53.3 Å². The number of hydrogen-bond acceptors (Lipinski definition) is 3. The van der Waals surface area contributed by atoms with Crippen molar-refractivity contribution in [3.8, 4) is 16.9 Å². The first kappa shape index (κ1) is 28.7. The summed E-state index contributed by atoms with van der Waals surface area (Å²) in [6.45, 7) is 10.8. The Morgan fingerprint density at radius 2 is 1.57 bits per heavy atom. The minimum absolute atomic E-state index is 0.0401. The molecule has 0 spiro atoms. The summed E-state index contributed by atoms with van der Waals surface area (Å²) in [6, 6.07) is 28.5. The van der Waals surface area contributed by atoms with Gasteiger partial charge in [-0.25, -0.2) is 4.79 Å². The average molecular weight is 561 g/mol. The Hall–Kier alpha value is -4.84. The van der Waals surface area contributed by atoms with E-state index in [1.807, 2.05) is 99.6 Å². The molecule has 0 bridgehead atoms. The van der Waals surface area contributed by atoms with Crippen LogP contribution in [-0.2, 0) is 6.54 Å². The third kappa shape index (κ3) is 5.79. The molecule has 0 aliphatic rings. The van der Waals surface area contributed by atoms with Gasteiger partial charge in [0.1, 0.15) is 5.75 Å². The van der Waals surface area contributed by atoms with Crippen LogP contribution in [0.1, 0.15) is 69.9 Å². The van der Waals surface area contributed by atoms with Crippen molar-refractivity contribution in [1.82, 2.24) is 9.88 Å². The summed E-state index contributed by atoms with van der Waals surface area (Å²) in [5.41, 5.74) is 7.84. The summed E-state index contributed by atoms with van der Waals surface area (Å²) < 4.78 is 8.22. The topological polar surface area (TPSA) is 80.6 Å². The lowest BCUT2D eigenvalue weighted by atomic mass is 9.99. The van der Waals surface area contributed by atoms with Crippen molar-refractivity contribution in [3.63, 3.8) is 0 Å². The molecule has 214 valence electrons. The largest absolute Gasteiger partial charge is 0.491 e. The number of hydrogen-bond donors (Lipinski definition) is 2. The first-order valence-electron chi connectivity index (χ1n) is 14.2. The van der Waals surface area contributed by atoms with Gasteiger partial charge in [-0.05, 0) is 87.2 Å². The molecule has 0 aliphatic carbocycles. The maximum absolute atomic E-state index is 13.3. The normalized spacial score (nSPS) is 12.0. The van der Waals surface area contributed by atoms with E-state index >= 15 is 0 Å². The lowest BCUT2D eigenvalue weighted by Crippen LogP contribution is -2.27. The molecular formula is C36H36N2O4. The van der Waals surface area contributed by atoms with Crippen molar-refractivity contribution in [2.24, 2.45) is 0 Å². The SMILES string of the molecule is Cc1c(C)n(Cc2ccc(-c3ccccc3C(=O)O)cc2)c2ccc(C(=O)N[C@@H](C)c3ccccc3OC(C)C)cc12. The van der Waals surface area contributed by atoms with E-state index in [1.165, 1.54) is 0 Å². The zero-order chi connectivity index (χ0) is 30.0. The number of nitrogens with one attached hydrogen (secondary N) is 1. The first-order valence-corrected chi connectivity index (χ1v) is 14.2. The van der Waals surface area contributed by atoms with Gasteiger partial charge in [-0.1, -0.05) is 60.7 Å². The highest BCUT2D eigenvalue weighted by Crippen LogP contribution is 2.30. The van der Waals surface area contributed by atoms with Crippen LogP contribution in [0.5, 0.6) is 5.75 Å². The number of aromatic carboxylic acids is 1. The second kappa shape index (κ2) is 12.0. The van der Waals surface area contributed by atoms with E-state index in [4.69, 9.17) is 4.74 Å². The number of amides is 1. The van der Waals surface area contributed by atoms with Crippen LogP contribution in [0.3, 0.4) is 0 Å². The Bertz CT molecular complexity index is 1770. The Morgan fingerprint density at radius 1 is 0.881 bits per heavy atom. The predicted molar refractivity (Wildman–Crippen MR) is 167 cm³/mol. The molecule has 5 rings (SSSR count). The number of carbonyl (C=O) groups excluding carboxylic acids is 1. The molecule has 1 heterocycles. The Morgan fingerprint density at radius 3 is 2.29 bits per heavy atom. The van der Waals surface area contributed by atoms with E-state index in [1.54, 1.807) is 12.1 Å². The standard InChI is InChI=1S/C36H36N2O4/c1-22(2)42-34-13-9-8-10-29(34)24(4)37-35(39)28-18-19-33-32(20-28)23(3)25(5)38(33)21-26-14-16-27(17-15-26)30-11-6-7-12-31(30)36(40)41/h6-20,22,24H,21H2,1-5H3,(H,37,39)(H,40,41)/t24-/m0/s1. The molecule has 0 saturated carbocycles. The molecule has 5 aromatic rings. The van der Waals surface area contributed by atoms with Crippen molar-refractivity contribution < 1.29 is 19.4 Å². The number of nitrogens with zero attached hydrogens (tertiary/aromatic N) is 1. The highest BCUT2D eigenvalue weighted by molar-refractivity contribution is 5.99. The number of aromatic nitrogens is 1. The number of ether oxygens (including phenoxy) is 1. The van der Waals surface area contributed by atoms with Gasteiger partial charge in [0.05, 0.1) is 17.7 Å². The van der Waals surface area contributed by atoms with E-state index in [-0.39, 0.29) is 23.6 Å². The van der Waals surface area contributed by atoms with E-state index in [0.717, 1.165) is 44.6 Å². The van der Waals surface area contributed by atoms with Gasteiger partial charge in [-0.3, -0.25) is 4.79 Å². The van der Waals surface area contributed by atoms with Crippen molar-refractivity contribution in [2.75, 3.05) is 0 Å². The minimum Gasteiger partial charge on any atom is -0.491 e. The fourth-order valence-electron chi connectivity index (χ4n) is 5.45. The van der Waals surface area contributed by atoms with Crippen LogP contribution in [0.15, 0.2) is 91.0 Å². The maximum atomic E-state index is 13.3. The molecule has 0 radical (unpaired) electrons. The third-order valence-electron chi connectivity index (χ3n) is 7.76. The van der Waals surface area contributed by atoms with Gasteiger partial charge in [-0.15, -0.1) is 0 Å². The number of carboxylic acid groups (broad SMARTS) is 1. The summed E-state index contributed by atoms with van der Waals surface area (Å²) in [7, 11) is 0. The molecule has 0 aliphatic heterocycles. The summed E-state index contributed by atoms with van der Waals surface area (Å²) in [5, 5.41) is 13.7. The molecule has 0 saturated heterocycles. The van der Waals surface area contributed by atoms with Crippen molar-refractivity contribution in [1.29, 1.82) is 0 Å². The van der Waals surface area contributed by atoms with Gasteiger partial charge >= 0.3 is 5.97 Å². The van der Waals surface area contributed by atoms with E-state index in [2.05, 4.69) is 23.7 Å². The third-order valence-corrected chi connectivity index (χ3v) is 7.76. The monoisotopic (exact) mass is 560 g/mol. The fraction of sp³-hybridized carbons (Fsp3) is 0.222. The van der Waals surface area contributed by atoms with E-state index < -0.39 is 5.97 Å². The van der Waals surface area contributed by atoms with E-state index in [0.29, 0.717) is 17.7 Å². The number of carbonyl (C=O) groups is 2. The number of para-hydroxylation sites is 1. The highest BCUT2D eigenvalue weighted by atomic mass is 16.5. The Kier molecular flexibility index (Phi) is 8.16. The van der Waals surface area contributed by atoms with Crippen LogP contribution in [0.2, 0.25) is 0 Å². The summed E-state index contributed by atoms with van der Waals surface area (Å²) >= 11 is 0. The van der Waals surface area contributed by atoms with Crippen LogP contribution in [0.4, 0.5) is 0 Å². The molecule has 0 unspecified atom stereocenters. The predicted octanol–water partition coefficient (Wildman–Crippen LogP) is 7.95. The number of aryl methyl sites for hydroxylation is 1. The zero-order valence-corrected chi connectivity index (χ0v) is 24.6. The second-order valence-corrected chi connectivity index (χ2v) is 11.0. The average Bonchev–Trinajstić information content (AvgIpc) is 3.21. The highest BCUT2D eigenvalue weighted by Gasteiger charge is 2.18. The summed E-state index contributed by atoms with van der Waals surface area (Å²) in [5.74, 6) is -0.295. The smallest absolute Gasteiger partial charge is 0.336 e. The molecule has 6 heteroatoms. The van der Waals surface area contributed by atoms with Crippen LogP contribution in [-0.4, -0.2) is 27.7 Å².